The lowest BCUT2D eigenvalue weighted by molar-refractivity contribution is -0.145. The first-order valence-electron chi connectivity index (χ1n) is 10.5. The average Bonchev–Trinajstić information content (AvgIpc) is 2.80. The van der Waals surface area contributed by atoms with Gasteiger partial charge in [-0.25, -0.2) is 9.59 Å². The second-order valence-electron chi connectivity index (χ2n) is 7.91. The van der Waals surface area contributed by atoms with Gasteiger partial charge in [-0.2, -0.15) is 13.2 Å². The molecular weight excluding hydrogens is 453 g/mol. The number of hydrogen-bond donors (Lipinski definition) is 2. The maximum atomic E-state index is 13.0. The molecule has 184 valence electrons. The van der Waals surface area contributed by atoms with Gasteiger partial charge in [0.15, 0.2) is 0 Å². The van der Waals surface area contributed by atoms with Crippen LogP contribution in [0.25, 0.3) is 0 Å². The first kappa shape index (κ1) is 26.7. The highest BCUT2D eigenvalue weighted by Gasteiger charge is 2.32. The topological polar surface area (TPSA) is 93.7 Å². The highest BCUT2D eigenvalue weighted by Crippen LogP contribution is 2.29. The number of halogens is 3. The minimum Gasteiger partial charge on any atom is -0.467 e. The number of nitrogens with one attached hydrogen (secondary N) is 2. The lowest BCUT2D eigenvalue weighted by atomic mass is 10.0. The molecule has 0 saturated carbocycles. The minimum absolute atomic E-state index is 0.000556. The van der Waals surface area contributed by atoms with Crippen molar-refractivity contribution in [1.29, 1.82) is 0 Å². The van der Waals surface area contributed by atoms with E-state index in [9.17, 15) is 27.6 Å². The van der Waals surface area contributed by atoms with E-state index < -0.39 is 41.8 Å². The van der Waals surface area contributed by atoms with Crippen LogP contribution in [0.1, 0.15) is 30.5 Å². The van der Waals surface area contributed by atoms with Crippen molar-refractivity contribution in [2.24, 2.45) is 5.92 Å². The molecule has 0 aliphatic heterocycles. The van der Waals surface area contributed by atoms with Gasteiger partial charge in [-0.1, -0.05) is 62.4 Å². The van der Waals surface area contributed by atoms with Crippen molar-refractivity contribution in [2.75, 3.05) is 7.11 Å². The molecular formula is C24H27F3N2O5. The quantitative estimate of drug-likeness (QED) is 0.532. The van der Waals surface area contributed by atoms with Gasteiger partial charge in [0.25, 0.3) is 0 Å². The normalized spacial score (nSPS) is 13.0. The molecule has 2 rings (SSSR count). The fraction of sp³-hybridized carbons (Fsp3) is 0.375. The SMILES string of the molecule is COC(=O)[C@H](Cc1cccc(C(F)(F)F)c1)NC(=O)[C@H](NC(=O)OCc1ccccc1)C(C)C. The van der Waals surface area contributed by atoms with E-state index in [-0.39, 0.29) is 24.5 Å². The van der Waals surface area contributed by atoms with Crippen molar-refractivity contribution in [1.82, 2.24) is 10.6 Å². The van der Waals surface area contributed by atoms with E-state index in [0.717, 1.165) is 24.8 Å². The summed E-state index contributed by atoms with van der Waals surface area (Å²) >= 11 is 0. The van der Waals surface area contributed by atoms with Gasteiger partial charge < -0.3 is 20.1 Å². The molecule has 2 N–H and O–H groups in total. The Balaban J connectivity index is 2.08. The van der Waals surface area contributed by atoms with Gasteiger partial charge >= 0.3 is 18.2 Å². The van der Waals surface area contributed by atoms with Crippen LogP contribution in [0.4, 0.5) is 18.0 Å². The predicted molar refractivity (Wildman–Crippen MR) is 117 cm³/mol. The Morgan fingerprint density at radius 1 is 0.941 bits per heavy atom. The van der Waals surface area contributed by atoms with Gasteiger partial charge in [-0.05, 0) is 23.1 Å². The zero-order chi connectivity index (χ0) is 25.3. The Morgan fingerprint density at radius 3 is 2.18 bits per heavy atom. The number of carbonyl (C=O) groups excluding carboxylic acids is 3. The number of amides is 2. The number of alkyl halides is 3. The molecule has 2 aromatic carbocycles. The van der Waals surface area contributed by atoms with Gasteiger partial charge in [0.2, 0.25) is 5.91 Å². The molecule has 0 saturated heterocycles. The van der Waals surface area contributed by atoms with E-state index in [1.54, 1.807) is 38.1 Å². The predicted octanol–water partition coefficient (Wildman–Crippen LogP) is 3.86. The lowest BCUT2D eigenvalue weighted by Gasteiger charge is -2.24. The van der Waals surface area contributed by atoms with Crippen LogP contribution < -0.4 is 10.6 Å². The summed E-state index contributed by atoms with van der Waals surface area (Å²) in [5.41, 5.74) is 0.0692. The van der Waals surface area contributed by atoms with Crippen LogP contribution in [0, 0.1) is 5.92 Å². The zero-order valence-electron chi connectivity index (χ0n) is 19.0. The van der Waals surface area contributed by atoms with Crippen LogP contribution in [0.3, 0.4) is 0 Å². The molecule has 0 aliphatic rings. The highest BCUT2D eigenvalue weighted by molar-refractivity contribution is 5.90. The van der Waals surface area contributed by atoms with Crippen molar-refractivity contribution in [3.05, 3.63) is 71.3 Å². The summed E-state index contributed by atoms with van der Waals surface area (Å²) in [4.78, 5) is 37.3. The monoisotopic (exact) mass is 480 g/mol. The summed E-state index contributed by atoms with van der Waals surface area (Å²) in [5, 5.41) is 4.94. The fourth-order valence-corrected chi connectivity index (χ4v) is 3.13. The second kappa shape index (κ2) is 12.1. The third-order valence-electron chi connectivity index (χ3n) is 4.93. The van der Waals surface area contributed by atoms with E-state index in [2.05, 4.69) is 10.6 Å². The van der Waals surface area contributed by atoms with E-state index in [1.165, 1.54) is 12.1 Å². The molecule has 2 aromatic rings. The Labute approximate surface area is 195 Å². The highest BCUT2D eigenvalue weighted by atomic mass is 19.4. The summed E-state index contributed by atoms with van der Waals surface area (Å²) in [6, 6.07) is 11.1. The van der Waals surface area contributed by atoms with Gasteiger partial charge in [0.1, 0.15) is 18.7 Å². The van der Waals surface area contributed by atoms with Crippen molar-refractivity contribution < 1.29 is 37.0 Å². The van der Waals surface area contributed by atoms with E-state index >= 15 is 0 Å². The van der Waals surface area contributed by atoms with Crippen molar-refractivity contribution in [3.8, 4) is 0 Å². The van der Waals surface area contributed by atoms with Crippen LogP contribution in [0.15, 0.2) is 54.6 Å². The number of rotatable bonds is 9. The summed E-state index contributed by atoms with van der Waals surface area (Å²) in [7, 11) is 1.10. The fourth-order valence-electron chi connectivity index (χ4n) is 3.13. The lowest BCUT2D eigenvalue weighted by Crippen LogP contribution is -2.54. The number of ether oxygens (including phenoxy) is 2. The van der Waals surface area contributed by atoms with Crippen molar-refractivity contribution in [3.63, 3.8) is 0 Å². The molecule has 0 fully saturated rings. The first-order valence-corrected chi connectivity index (χ1v) is 10.5. The Morgan fingerprint density at radius 2 is 1.59 bits per heavy atom. The second-order valence-corrected chi connectivity index (χ2v) is 7.91. The minimum atomic E-state index is -4.55. The van der Waals surface area contributed by atoms with Crippen LogP contribution in [0.2, 0.25) is 0 Å². The standard InChI is InChI=1S/C24H27F3N2O5/c1-15(2)20(29-23(32)34-14-16-8-5-4-6-9-16)21(30)28-19(22(31)33-3)13-17-10-7-11-18(12-17)24(25,26)27/h4-12,15,19-20H,13-14H2,1-3H3,(H,28,30)(H,29,32)/t19-,20+/m0/s1. The number of esters is 1. The molecule has 10 heteroatoms. The van der Waals surface area contributed by atoms with E-state index in [4.69, 9.17) is 9.47 Å². The van der Waals surface area contributed by atoms with Crippen molar-refractivity contribution >= 4 is 18.0 Å². The Hall–Kier alpha value is -3.56. The van der Waals surface area contributed by atoms with Gasteiger partial charge in [0, 0.05) is 6.42 Å². The Bertz CT molecular complexity index is 980. The van der Waals surface area contributed by atoms with Gasteiger partial charge in [0.05, 0.1) is 12.7 Å². The van der Waals surface area contributed by atoms with E-state index in [0.29, 0.717) is 0 Å². The zero-order valence-corrected chi connectivity index (χ0v) is 19.0. The molecule has 34 heavy (non-hydrogen) atoms. The number of hydrogen-bond acceptors (Lipinski definition) is 5. The third kappa shape index (κ3) is 8.09. The molecule has 7 nitrogen and oxygen atoms in total. The van der Waals surface area contributed by atoms with Gasteiger partial charge in [-0.15, -0.1) is 0 Å². The first-order chi connectivity index (χ1) is 16.0. The summed E-state index contributed by atoms with van der Waals surface area (Å²) in [6.45, 7) is 3.36. The number of alkyl carbamates (subject to hydrolysis) is 1. The number of methoxy groups -OCH3 is 1. The van der Waals surface area contributed by atoms with Crippen molar-refractivity contribution in [2.45, 2.75) is 45.1 Å². The molecule has 0 radical (unpaired) electrons. The average molecular weight is 480 g/mol. The third-order valence-corrected chi connectivity index (χ3v) is 4.93. The molecule has 2 amide bonds. The van der Waals surface area contributed by atoms with Crippen LogP contribution in [0.5, 0.6) is 0 Å². The number of carbonyl (C=O) groups is 3. The summed E-state index contributed by atoms with van der Waals surface area (Å²) in [6.07, 6.45) is -5.61. The molecule has 0 aliphatic carbocycles. The number of benzene rings is 2. The maximum Gasteiger partial charge on any atom is 0.416 e. The van der Waals surface area contributed by atoms with Crippen LogP contribution >= 0.6 is 0 Å². The summed E-state index contributed by atoms with van der Waals surface area (Å²) in [5.74, 6) is -1.91. The molecule has 0 spiro atoms. The molecule has 0 unspecified atom stereocenters. The van der Waals surface area contributed by atoms with E-state index in [1.807, 2.05) is 6.07 Å². The molecule has 0 aromatic heterocycles. The molecule has 0 heterocycles. The maximum absolute atomic E-state index is 13.0. The van der Waals surface area contributed by atoms with Crippen LogP contribution in [-0.4, -0.2) is 37.2 Å². The Kier molecular flexibility index (Phi) is 9.47. The largest absolute Gasteiger partial charge is 0.467 e. The van der Waals surface area contributed by atoms with Crippen LogP contribution in [-0.2, 0) is 38.3 Å². The molecule has 2 atom stereocenters. The van der Waals surface area contributed by atoms with Gasteiger partial charge in [-0.3, -0.25) is 4.79 Å². The molecule has 0 bridgehead atoms. The summed E-state index contributed by atoms with van der Waals surface area (Å²) < 4.78 is 48.9. The smallest absolute Gasteiger partial charge is 0.416 e.